The lowest BCUT2D eigenvalue weighted by molar-refractivity contribution is -0.150. The Morgan fingerprint density at radius 3 is 2.27 bits per heavy atom. The first-order valence-electron chi connectivity index (χ1n) is 11.1. The van der Waals surface area contributed by atoms with Gasteiger partial charge in [-0.2, -0.15) is 0 Å². The van der Waals surface area contributed by atoms with Gasteiger partial charge in [-0.1, -0.05) is 0 Å². The molecular weight excluding hydrogens is 426 g/mol. The van der Waals surface area contributed by atoms with Gasteiger partial charge in [0.25, 0.3) is 0 Å². The van der Waals surface area contributed by atoms with Gasteiger partial charge in [0.15, 0.2) is 0 Å². The number of fused-ring (bicyclic) bond motifs is 1. The van der Waals surface area contributed by atoms with Gasteiger partial charge in [0, 0.05) is 37.2 Å². The number of carbonyl (C=O) groups excluding carboxylic acids is 3. The summed E-state index contributed by atoms with van der Waals surface area (Å²) in [5.41, 5.74) is -0.00380. The molecule has 0 radical (unpaired) electrons. The van der Waals surface area contributed by atoms with Crippen LogP contribution in [0.2, 0.25) is 0 Å². The van der Waals surface area contributed by atoms with E-state index < -0.39 is 35.5 Å². The molecule has 1 saturated heterocycles. The summed E-state index contributed by atoms with van der Waals surface area (Å²) < 4.78 is 18.1. The second-order valence-corrected chi connectivity index (χ2v) is 10.3. The summed E-state index contributed by atoms with van der Waals surface area (Å²) in [4.78, 5) is 43.3. The molecule has 1 unspecified atom stereocenters. The highest BCUT2D eigenvalue weighted by atomic mass is 16.6. The number of esters is 1. The van der Waals surface area contributed by atoms with Crippen LogP contribution in [-0.2, 0) is 19.0 Å². The van der Waals surface area contributed by atoms with Gasteiger partial charge in [-0.05, 0) is 65.7 Å². The topological polar surface area (TPSA) is 100.0 Å². The van der Waals surface area contributed by atoms with E-state index in [1.807, 2.05) is 6.07 Å². The van der Waals surface area contributed by atoms with Crippen molar-refractivity contribution in [2.75, 3.05) is 13.1 Å². The van der Waals surface area contributed by atoms with Crippen molar-refractivity contribution in [3.8, 4) is 0 Å². The van der Waals surface area contributed by atoms with Gasteiger partial charge in [-0.15, -0.1) is 0 Å². The molecule has 1 amide bonds. The number of hydrogen-bond acceptors (Lipinski definition) is 7. The molecule has 3 heterocycles. The third-order valence-corrected chi connectivity index (χ3v) is 5.11. The SMILES string of the molecule is CC(=O)OC1CN(C(=O)OC(C)(C)C)CC[C@H]1c1cn(C(=O)OC(C)(C)C)c2ncccc12. The quantitative estimate of drug-likeness (QED) is 0.482. The summed E-state index contributed by atoms with van der Waals surface area (Å²) in [5.74, 6) is -0.673. The lowest BCUT2D eigenvalue weighted by Gasteiger charge is -2.38. The average Bonchev–Trinajstić information content (AvgIpc) is 3.04. The van der Waals surface area contributed by atoms with Gasteiger partial charge >= 0.3 is 18.2 Å². The van der Waals surface area contributed by atoms with Crippen molar-refractivity contribution in [1.29, 1.82) is 0 Å². The van der Waals surface area contributed by atoms with Gasteiger partial charge in [0.1, 0.15) is 23.0 Å². The molecule has 0 aromatic carbocycles. The zero-order chi connectivity index (χ0) is 24.6. The summed E-state index contributed by atoms with van der Waals surface area (Å²) in [6, 6.07) is 3.67. The number of piperidine rings is 1. The molecule has 33 heavy (non-hydrogen) atoms. The zero-order valence-electron chi connectivity index (χ0n) is 20.4. The van der Waals surface area contributed by atoms with Crippen LogP contribution in [0.15, 0.2) is 24.5 Å². The maximum atomic E-state index is 12.8. The molecule has 0 saturated carbocycles. The van der Waals surface area contributed by atoms with Crippen LogP contribution in [0.3, 0.4) is 0 Å². The Morgan fingerprint density at radius 1 is 1.03 bits per heavy atom. The summed E-state index contributed by atoms with van der Waals surface area (Å²) in [6.45, 7) is 12.8. The van der Waals surface area contributed by atoms with E-state index in [1.54, 1.807) is 64.9 Å². The lowest BCUT2D eigenvalue weighted by Crippen LogP contribution is -2.48. The summed E-state index contributed by atoms with van der Waals surface area (Å²) >= 11 is 0. The van der Waals surface area contributed by atoms with Gasteiger partial charge in [-0.3, -0.25) is 4.79 Å². The number of amides is 1. The van der Waals surface area contributed by atoms with Crippen molar-refractivity contribution in [3.05, 3.63) is 30.1 Å². The Labute approximate surface area is 194 Å². The number of aromatic nitrogens is 2. The Hall–Kier alpha value is -3.10. The van der Waals surface area contributed by atoms with E-state index in [0.29, 0.717) is 18.6 Å². The van der Waals surface area contributed by atoms with E-state index in [4.69, 9.17) is 14.2 Å². The van der Waals surface area contributed by atoms with Crippen molar-refractivity contribution in [2.24, 2.45) is 0 Å². The van der Waals surface area contributed by atoms with Crippen molar-refractivity contribution in [1.82, 2.24) is 14.5 Å². The van der Waals surface area contributed by atoms with E-state index in [-0.39, 0.29) is 12.5 Å². The molecular formula is C24H33N3O6. The first-order chi connectivity index (χ1) is 15.2. The van der Waals surface area contributed by atoms with Crippen LogP contribution in [-0.4, -0.2) is 63.0 Å². The molecule has 2 aromatic rings. The maximum absolute atomic E-state index is 12.8. The van der Waals surface area contributed by atoms with E-state index in [1.165, 1.54) is 11.5 Å². The van der Waals surface area contributed by atoms with Crippen molar-refractivity contribution in [3.63, 3.8) is 0 Å². The first kappa shape index (κ1) is 24.5. The van der Waals surface area contributed by atoms with Crippen molar-refractivity contribution < 1.29 is 28.6 Å². The smallest absolute Gasteiger partial charge is 0.420 e. The predicted octanol–water partition coefficient (Wildman–Crippen LogP) is 4.48. The molecule has 9 nitrogen and oxygen atoms in total. The number of ether oxygens (including phenoxy) is 3. The highest BCUT2D eigenvalue weighted by Crippen LogP contribution is 2.36. The average molecular weight is 460 g/mol. The van der Waals surface area contributed by atoms with Gasteiger partial charge in [0.05, 0.1) is 6.54 Å². The number of hydrogen-bond donors (Lipinski definition) is 0. The fourth-order valence-electron chi connectivity index (χ4n) is 3.93. The molecule has 2 aromatic heterocycles. The van der Waals surface area contributed by atoms with Crippen LogP contribution in [0.1, 0.15) is 66.4 Å². The van der Waals surface area contributed by atoms with Gasteiger partial charge in [-0.25, -0.2) is 19.1 Å². The Bertz CT molecular complexity index is 1050. The Balaban J connectivity index is 1.95. The Kier molecular flexibility index (Phi) is 6.72. The largest absolute Gasteiger partial charge is 0.460 e. The normalized spacial score (nSPS) is 19.3. The second-order valence-electron chi connectivity index (χ2n) is 10.3. The van der Waals surface area contributed by atoms with E-state index in [9.17, 15) is 14.4 Å². The predicted molar refractivity (Wildman–Crippen MR) is 122 cm³/mol. The number of carbonyl (C=O) groups is 3. The van der Waals surface area contributed by atoms with Crippen LogP contribution >= 0.6 is 0 Å². The molecule has 0 spiro atoms. The van der Waals surface area contributed by atoms with E-state index in [2.05, 4.69) is 4.98 Å². The third-order valence-electron chi connectivity index (χ3n) is 5.11. The molecule has 0 aliphatic carbocycles. The number of likely N-dealkylation sites (tertiary alicyclic amines) is 1. The molecule has 3 rings (SSSR count). The van der Waals surface area contributed by atoms with Crippen molar-refractivity contribution >= 4 is 29.2 Å². The number of pyridine rings is 1. The molecule has 2 atom stereocenters. The number of rotatable bonds is 2. The minimum Gasteiger partial charge on any atom is -0.460 e. The van der Waals surface area contributed by atoms with Gasteiger partial charge in [0.2, 0.25) is 0 Å². The minimum absolute atomic E-state index is 0.193. The number of nitrogens with zero attached hydrogens (tertiary/aromatic N) is 3. The van der Waals surface area contributed by atoms with E-state index >= 15 is 0 Å². The molecule has 9 heteroatoms. The molecule has 0 N–H and O–H groups in total. The second kappa shape index (κ2) is 9.03. The lowest BCUT2D eigenvalue weighted by atomic mass is 9.87. The zero-order valence-corrected chi connectivity index (χ0v) is 20.4. The summed E-state index contributed by atoms with van der Waals surface area (Å²) in [5, 5.41) is 0.774. The summed E-state index contributed by atoms with van der Waals surface area (Å²) in [6.07, 6.45) is 2.27. The molecule has 1 fully saturated rings. The van der Waals surface area contributed by atoms with Crippen LogP contribution < -0.4 is 0 Å². The maximum Gasteiger partial charge on any atom is 0.420 e. The highest BCUT2D eigenvalue weighted by Gasteiger charge is 2.38. The first-order valence-corrected chi connectivity index (χ1v) is 11.1. The fraction of sp³-hybridized carbons (Fsp3) is 0.583. The third kappa shape index (κ3) is 6.03. The van der Waals surface area contributed by atoms with Crippen LogP contribution in [0.4, 0.5) is 9.59 Å². The molecule has 180 valence electrons. The van der Waals surface area contributed by atoms with Crippen molar-refractivity contribution in [2.45, 2.75) is 78.1 Å². The highest BCUT2D eigenvalue weighted by molar-refractivity contribution is 5.90. The minimum atomic E-state index is -0.665. The fourth-order valence-corrected chi connectivity index (χ4v) is 3.93. The molecule has 0 bridgehead atoms. The standard InChI is InChI=1S/C24H33N3O6/c1-15(28)31-19-14-26(21(29)32-23(2,3)4)12-10-16(19)18-13-27(22(30)33-24(5,6)7)20-17(18)9-8-11-25-20/h8-9,11,13,16,19H,10,12,14H2,1-7H3/t16-,19?/m0/s1. The summed E-state index contributed by atoms with van der Waals surface area (Å²) in [7, 11) is 0. The van der Waals surface area contributed by atoms with Crippen LogP contribution in [0, 0.1) is 0 Å². The van der Waals surface area contributed by atoms with E-state index in [0.717, 1.165) is 10.9 Å². The van der Waals surface area contributed by atoms with Gasteiger partial charge < -0.3 is 19.1 Å². The molecule has 1 aliphatic heterocycles. The van der Waals surface area contributed by atoms with Crippen LogP contribution in [0.5, 0.6) is 0 Å². The monoisotopic (exact) mass is 459 g/mol. The molecule has 1 aliphatic rings. The van der Waals surface area contributed by atoms with Crippen LogP contribution in [0.25, 0.3) is 11.0 Å². The Morgan fingerprint density at radius 2 is 1.67 bits per heavy atom.